The van der Waals surface area contributed by atoms with Crippen molar-refractivity contribution in [1.29, 1.82) is 0 Å². The van der Waals surface area contributed by atoms with E-state index in [4.69, 9.17) is 16.3 Å². The molecule has 2 aromatic carbocycles. The van der Waals surface area contributed by atoms with Crippen molar-refractivity contribution in [1.82, 2.24) is 0 Å². The predicted octanol–water partition coefficient (Wildman–Crippen LogP) is 4.68. The molecule has 132 valence electrons. The van der Waals surface area contributed by atoms with Gasteiger partial charge in [-0.2, -0.15) is 0 Å². The summed E-state index contributed by atoms with van der Waals surface area (Å²) in [4.78, 5) is 24.5. The van der Waals surface area contributed by atoms with Gasteiger partial charge in [-0.25, -0.2) is 4.79 Å². The molecule has 0 aliphatic carbocycles. The first-order chi connectivity index (χ1) is 11.7. The third-order valence-electron chi connectivity index (χ3n) is 4.69. The van der Waals surface area contributed by atoms with Gasteiger partial charge in [0.25, 0.3) is 5.91 Å². The summed E-state index contributed by atoms with van der Waals surface area (Å²) in [6.07, 6.45) is 0. The predicted molar refractivity (Wildman–Crippen MR) is 100 cm³/mol. The summed E-state index contributed by atoms with van der Waals surface area (Å²) in [5, 5.41) is 3.06. The van der Waals surface area contributed by atoms with Crippen LogP contribution in [0.4, 0.5) is 5.69 Å². The fraction of sp³-hybridized carbons (Fsp3) is 0.300. The standard InChI is InChI=1S/C20H22ClNO3/c1-11-12(2)14(4)19(15(5)13(11)3)20(24)25-10-18(23)22-17-9-7-6-8-16(17)21/h6-9H,10H2,1-5H3,(H,22,23). The number of carbonyl (C=O) groups is 2. The Morgan fingerprint density at radius 1 is 0.920 bits per heavy atom. The zero-order valence-corrected chi connectivity index (χ0v) is 15.9. The van der Waals surface area contributed by atoms with Crippen molar-refractivity contribution in [2.75, 3.05) is 11.9 Å². The van der Waals surface area contributed by atoms with Crippen LogP contribution in [0.25, 0.3) is 0 Å². The van der Waals surface area contributed by atoms with Gasteiger partial charge in [-0.15, -0.1) is 0 Å². The quantitative estimate of drug-likeness (QED) is 0.806. The molecule has 2 aromatic rings. The summed E-state index contributed by atoms with van der Waals surface area (Å²) in [6, 6.07) is 6.89. The molecule has 1 amide bonds. The van der Waals surface area contributed by atoms with E-state index in [0.29, 0.717) is 16.3 Å². The lowest BCUT2D eigenvalue weighted by atomic mass is 9.90. The Balaban J connectivity index is 2.11. The highest BCUT2D eigenvalue weighted by molar-refractivity contribution is 6.33. The van der Waals surface area contributed by atoms with Crippen LogP contribution >= 0.6 is 11.6 Å². The molecule has 0 aliphatic heterocycles. The number of ether oxygens (including phenoxy) is 1. The molecule has 0 radical (unpaired) electrons. The van der Waals surface area contributed by atoms with Gasteiger partial charge < -0.3 is 10.1 Å². The highest BCUT2D eigenvalue weighted by Gasteiger charge is 2.20. The number of anilines is 1. The Morgan fingerprint density at radius 3 is 2.00 bits per heavy atom. The smallest absolute Gasteiger partial charge is 0.339 e. The minimum Gasteiger partial charge on any atom is -0.452 e. The maximum atomic E-state index is 12.5. The minimum atomic E-state index is -0.490. The van der Waals surface area contributed by atoms with Gasteiger partial charge in [-0.1, -0.05) is 23.7 Å². The zero-order chi connectivity index (χ0) is 18.7. The molecule has 5 heteroatoms. The normalized spacial score (nSPS) is 10.5. The lowest BCUT2D eigenvalue weighted by Crippen LogP contribution is -2.22. The number of para-hydroxylation sites is 1. The molecule has 2 rings (SSSR count). The Bertz CT molecular complexity index is 814. The summed E-state index contributed by atoms with van der Waals surface area (Å²) in [6.45, 7) is 9.44. The average Bonchev–Trinajstić information content (AvgIpc) is 2.58. The van der Waals surface area contributed by atoms with E-state index in [0.717, 1.165) is 22.3 Å². The molecule has 0 atom stereocenters. The first kappa shape index (κ1) is 19.0. The second-order valence-electron chi connectivity index (χ2n) is 6.10. The monoisotopic (exact) mass is 359 g/mol. The van der Waals surface area contributed by atoms with Crippen molar-refractivity contribution in [3.63, 3.8) is 0 Å². The van der Waals surface area contributed by atoms with Gasteiger partial charge in [0.1, 0.15) is 0 Å². The molecule has 4 nitrogen and oxygen atoms in total. The molecule has 25 heavy (non-hydrogen) atoms. The van der Waals surface area contributed by atoms with E-state index in [2.05, 4.69) is 5.32 Å². The second-order valence-corrected chi connectivity index (χ2v) is 6.51. The van der Waals surface area contributed by atoms with E-state index in [-0.39, 0.29) is 6.61 Å². The Kier molecular flexibility index (Phi) is 5.85. The molecule has 0 saturated carbocycles. The van der Waals surface area contributed by atoms with Gasteiger partial charge in [0.2, 0.25) is 0 Å². The van der Waals surface area contributed by atoms with Crippen LogP contribution in [0, 0.1) is 34.6 Å². The highest BCUT2D eigenvalue weighted by atomic mass is 35.5. The molecular formula is C20H22ClNO3. The molecule has 1 N–H and O–H groups in total. The van der Waals surface area contributed by atoms with Crippen LogP contribution in [0.3, 0.4) is 0 Å². The number of esters is 1. The van der Waals surface area contributed by atoms with Gasteiger partial charge in [-0.05, 0) is 74.6 Å². The summed E-state index contributed by atoms with van der Waals surface area (Å²) in [5.41, 5.74) is 6.09. The summed E-state index contributed by atoms with van der Waals surface area (Å²) in [5.74, 6) is -0.923. The maximum absolute atomic E-state index is 12.5. The van der Waals surface area contributed by atoms with Crippen LogP contribution in [0.1, 0.15) is 38.2 Å². The molecular weight excluding hydrogens is 338 g/mol. The largest absolute Gasteiger partial charge is 0.452 e. The van der Waals surface area contributed by atoms with Crippen molar-refractivity contribution < 1.29 is 14.3 Å². The molecule has 0 heterocycles. The van der Waals surface area contributed by atoms with Crippen LogP contribution in [0.15, 0.2) is 24.3 Å². The van der Waals surface area contributed by atoms with Crippen molar-refractivity contribution in [2.45, 2.75) is 34.6 Å². The third kappa shape index (κ3) is 4.02. The summed E-state index contributed by atoms with van der Waals surface area (Å²) >= 11 is 6.00. The van der Waals surface area contributed by atoms with Crippen LogP contribution in [0.5, 0.6) is 0 Å². The fourth-order valence-corrected chi connectivity index (χ4v) is 2.94. The van der Waals surface area contributed by atoms with E-state index in [9.17, 15) is 9.59 Å². The van der Waals surface area contributed by atoms with Crippen LogP contribution < -0.4 is 5.32 Å². The second kappa shape index (κ2) is 7.70. The maximum Gasteiger partial charge on any atom is 0.339 e. The molecule has 0 spiro atoms. The molecule has 0 aromatic heterocycles. The van der Waals surface area contributed by atoms with Gasteiger partial charge >= 0.3 is 5.97 Å². The SMILES string of the molecule is Cc1c(C)c(C)c(C(=O)OCC(=O)Nc2ccccc2Cl)c(C)c1C. The van der Waals surface area contributed by atoms with Gasteiger partial charge in [0, 0.05) is 0 Å². The third-order valence-corrected chi connectivity index (χ3v) is 5.02. The van der Waals surface area contributed by atoms with Crippen LogP contribution in [0.2, 0.25) is 5.02 Å². The molecule has 0 saturated heterocycles. The Labute approximate surface area is 153 Å². The lowest BCUT2D eigenvalue weighted by Gasteiger charge is -2.17. The van der Waals surface area contributed by atoms with Crippen LogP contribution in [-0.2, 0) is 9.53 Å². The molecule has 0 fully saturated rings. The van der Waals surface area contributed by atoms with E-state index < -0.39 is 11.9 Å². The number of nitrogens with one attached hydrogen (secondary N) is 1. The number of rotatable bonds is 4. The van der Waals surface area contributed by atoms with Crippen molar-refractivity contribution in [3.05, 3.63) is 62.7 Å². The first-order valence-electron chi connectivity index (χ1n) is 8.02. The summed E-state index contributed by atoms with van der Waals surface area (Å²) in [7, 11) is 0. The van der Waals surface area contributed by atoms with E-state index in [1.54, 1.807) is 24.3 Å². The van der Waals surface area contributed by atoms with Gasteiger partial charge in [0.15, 0.2) is 6.61 Å². The van der Waals surface area contributed by atoms with Crippen LogP contribution in [-0.4, -0.2) is 18.5 Å². The summed E-state index contributed by atoms with van der Waals surface area (Å²) < 4.78 is 5.22. The minimum absolute atomic E-state index is 0.366. The van der Waals surface area contributed by atoms with E-state index >= 15 is 0 Å². The molecule has 0 aliphatic rings. The first-order valence-corrected chi connectivity index (χ1v) is 8.40. The van der Waals surface area contributed by atoms with Crippen molar-refractivity contribution in [2.24, 2.45) is 0 Å². The highest BCUT2D eigenvalue weighted by Crippen LogP contribution is 2.26. The molecule has 0 bridgehead atoms. The van der Waals surface area contributed by atoms with Gasteiger partial charge in [0.05, 0.1) is 16.3 Å². The topological polar surface area (TPSA) is 55.4 Å². The van der Waals surface area contributed by atoms with Crippen molar-refractivity contribution >= 4 is 29.2 Å². The number of halogens is 1. The number of hydrogen-bond acceptors (Lipinski definition) is 3. The average molecular weight is 360 g/mol. The zero-order valence-electron chi connectivity index (χ0n) is 15.1. The Morgan fingerprint density at radius 2 is 1.44 bits per heavy atom. The van der Waals surface area contributed by atoms with Gasteiger partial charge in [-0.3, -0.25) is 4.79 Å². The number of carbonyl (C=O) groups excluding carboxylic acids is 2. The lowest BCUT2D eigenvalue weighted by molar-refractivity contribution is -0.119. The Hall–Kier alpha value is -2.33. The number of amides is 1. The fourth-order valence-electron chi connectivity index (χ4n) is 2.76. The van der Waals surface area contributed by atoms with E-state index in [1.165, 1.54) is 5.56 Å². The van der Waals surface area contributed by atoms with Crippen molar-refractivity contribution in [3.8, 4) is 0 Å². The number of hydrogen-bond donors (Lipinski definition) is 1. The number of benzene rings is 2. The molecule has 0 unspecified atom stereocenters. The van der Waals surface area contributed by atoms with E-state index in [1.807, 2.05) is 34.6 Å².